The van der Waals surface area contributed by atoms with Crippen molar-refractivity contribution in [1.82, 2.24) is 10.1 Å². The van der Waals surface area contributed by atoms with Crippen molar-refractivity contribution < 1.29 is 12.9 Å². The van der Waals surface area contributed by atoms with Gasteiger partial charge in [0.1, 0.15) is 9.77 Å². The average Bonchev–Trinajstić information content (AvgIpc) is 3.41. The number of aromatic nitrogens is 2. The summed E-state index contributed by atoms with van der Waals surface area (Å²) in [5.74, 6) is 0.610. The summed E-state index contributed by atoms with van der Waals surface area (Å²) in [6.45, 7) is 0. The van der Waals surface area contributed by atoms with Crippen LogP contribution in [-0.2, 0) is 10.0 Å². The van der Waals surface area contributed by atoms with Crippen LogP contribution in [0.25, 0.3) is 21.5 Å². The first-order valence-corrected chi connectivity index (χ1v) is 11.2. The highest BCUT2D eigenvalue weighted by Crippen LogP contribution is 2.36. The molecule has 3 heterocycles. The molecule has 0 amide bonds. The first kappa shape index (κ1) is 18.2. The molecule has 0 saturated heterocycles. The molecule has 0 aliphatic carbocycles. The van der Waals surface area contributed by atoms with Gasteiger partial charge in [-0.15, -0.1) is 22.7 Å². The van der Waals surface area contributed by atoms with Crippen molar-refractivity contribution in [3.63, 3.8) is 0 Å². The fraction of sp³-hybridized carbons (Fsp3) is 0.0588. The van der Waals surface area contributed by atoms with Crippen LogP contribution in [0.1, 0.15) is 0 Å². The van der Waals surface area contributed by atoms with Crippen LogP contribution >= 0.6 is 34.3 Å². The molecule has 0 aliphatic rings. The molecule has 0 bridgehead atoms. The van der Waals surface area contributed by atoms with Gasteiger partial charge in [-0.05, 0) is 47.2 Å². The molecule has 0 N–H and O–H groups in total. The smallest absolute Gasteiger partial charge is 0.269 e. The molecule has 0 unspecified atom stereocenters. The van der Waals surface area contributed by atoms with Crippen LogP contribution in [-0.4, -0.2) is 25.6 Å². The van der Waals surface area contributed by atoms with E-state index in [1.54, 1.807) is 29.6 Å². The molecule has 0 saturated carbocycles. The molecule has 0 spiro atoms. The van der Waals surface area contributed by atoms with Gasteiger partial charge in [-0.3, -0.25) is 4.31 Å². The fourth-order valence-corrected chi connectivity index (χ4v) is 5.70. The van der Waals surface area contributed by atoms with Gasteiger partial charge in [-0.25, -0.2) is 8.42 Å². The quantitative estimate of drug-likeness (QED) is 0.438. The summed E-state index contributed by atoms with van der Waals surface area (Å²) in [5.41, 5.74) is 0.501. The van der Waals surface area contributed by atoms with Crippen LogP contribution < -0.4 is 4.31 Å². The van der Waals surface area contributed by atoms with Gasteiger partial charge in [0, 0.05) is 12.1 Å². The number of hydrogen-bond donors (Lipinski definition) is 0. The van der Waals surface area contributed by atoms with Gasteiger partial charge in [0.15, 0.2) is 0 Å². The van der Waals surface area contributed by atoms with Gasteiger partial charge < -0.3 is 4.52 Å². The maximum absolute atomic E-state index is 13.1. The molecule has 0 fully saturated rings. The summed E-state index contributed by atoms with van der Waals surface area (Å²) in [6.07, 6.45) is 0. The lowest BCUT2D eigenvalue weighted by atomic mass is 10.3. The molecular weight excluding hydrogens is 426 g/mol. The van der Waals surface area contributed by atoms with Crippen LogP contribution in [0.2, 0.25) is 5.02 Å². The Morgan fingerprint density at radius 3 is 2.56 bits per heavy atom. The van der Waals surface area contributed by atoms with Gasteiger partial charge in [0.05, 0.1) is 10.6 Å². The molecular formula is C17H12ClN3O3S3. The number of nitrogens with zero attached hydrogens (tertiary/aromatic N) is 3. The van der Waals surface area contributed by atoms with Gasteiger partial charge in [0.2, 0.25) is 5.82 Å². The molecule has 6 nitrogen and oxygen atoms in total. The third-order valence-electron chi connectivity index (χ3n) is 3.82. The van der Waals surface area contributed by atoms with E-state index in [1.165, 1.54) is 40.1 Å². The third kappa shape index (κ3) is 3.39. The highest BCUT2D eigenvalue weighted by atomic mass is 35.5. The van der Waals surface area contributed by atoms with Crippen LogP contribution in [0.4, 0.5) is 5.69 Å². The predicted molar refractivity (Wildman–Crippen MR) is 108 cm³/mol. The second-order valence-electron chi connectivity index (χ2n) is 5.46. The van der Waals surface area contributed by atoms with Crippen molar-refractivity contribution in [3.05, 3.63) is 58.2 Å². The van der Waals surface area contributed by atoms with Crippen LogP contribution in [0.5, 0.6) is 0 Å². The first-order chi connectivity index (χ1) is 13.0. The fourth-order valence-electron chi connectivity index (χ4n) is 2.42. The maximum Gasteiger partial charge on any atom is 0.269 e. The zero-order chi connectivity index (χ0) is 19.0. The van der Waals surface area contributed by atoms with Crippen LogP contribution in [0, 0.1) is 0 Å². The van der Waals surface area contributed by atoms with Crippen molar-refractivity contribution in [2.45, 2.75) is 4.90 Å². The van der Waals surface area contributed by atoms with Crippen molar-refractivity contribution in [2.24, 2.45) is 0 Å². The van der Waals surface area contributed by atoms with E-state index in [-0.39, 0.29) is 10.8 Å². The lowest BCUT2D eigenvalue weighted by Crippen LogP contribution is -2.26. The molecule has 3 aromatic heterocycles. The Labute approximate surface area is 168 Å². The molecule has 27 heavy (non-hydrogen) atoms. The zero-order valence-electron chi connectivity index (χ0n) is 13.9. The normalized spacial score (nSPS) is 11.6. The van der Waals surface area contributed by atoms with Gasteiger partial charge in [-0.2, -0.15) is 4.98 Å². The van der Waals surface area contributed by atoms with Gasteiger partial charge >= 0.3 is 0 Å². The number of halogens is 1. The van der Waals surface area contributed by atoms with E-state index >= 15 is 0 Å². The second kappa shape index (κ2) is 7.08. The minimum Gasteiger partial charge on any atom is -0.333 e. The molecule has 0 atom stereocenters. The van der Waals surface area contributed by atoms with Crippen LogP contribution in [0.3, 0.4) is 0 Å². The molecule has 0 radical (unpaired) electrons. The van der Waals surface area contributed by atoms with E-state index in [1.807, 2.05) is 17.5 Å². The van der Waals surface area contributed by atoms with Crippen LogP contribution in [0.15, 0.2) is 62.6 Å². The Balaban J connectivity index is 1.72. The Kier molecular flexibility index (Phi) is 4.77. The summed E-state index contributed by atoms with van der Waals surface area (Å²) in [6, 6.07) is 11.9. The van der Waals surface area contributed by atoms with E-state index < -0.39 is 10.0 Å². The van der Waals surface area contributed by atoms with E-state index in [2.05, 4.69) is 10.1 Å². The van der Waals surface area contributed by atoms with Gasteiger partial charge in [0.25, 0.3) is 15.9 Å². The molecule has 0 aliphatic heterocycles. The van der Waals surface area contributed by atoms with Crippen molar-refractivity contribution in [2.75, 3.05) is 11.4 Å². The SMILES string of the molecule is CN(c1ccc(Cl)cc1)S(=O)(=O)c1ccsc1-c1nc(-c2cccs2)no1. The minimum atomic E-state index is -3.81. The number of hydrogen-bond acceptors (Lipinski definition) is 7. The molecule has 4 rings (SSSR count). The molecule has 1 aromatic carbocycles. The number of sulfonamides is 1. The Morgan fingerprint density at radius 1 is 1.07 bits per heavy atom. The Morgan fingerprint density at radius 2 is 1.85 bits per heavy atom. The summed E-state index contributed by atoms with van der Waals surface area (Å²) in [7, 11) is -2.32. The zero-order valence-corrected chi connectivity index (χ0v) is 17.1. The number of thiophene rings is 2. The summed E-state index contributed by atoms with van der Waals surface area (Å²) >= 11 is 8.60. The van der Waals surface area contributed by atoms with Gasteiger partial charge in [-0.1, -0.05) is 22.8 Å². The number of rotatable bonds is 5. The van der Waals surface area contributed by atoms with Crippen molar-refractivity contribution in [3.8, 4) is 21.5 Å². The van der Waals surface area contributed by atoms with E-state index in [9.17, 15) is 8.42 Å². The summed E-state index contributed by atoms with van der Waals surface area (Å²) in [5, 5.41) is 8.09. The molecule has 138 valence electrons. The number of benzene rings is 1. The monoisotopic (exact) mass is 437 g/mol. The lowest BCUT2D eigenvalue weighted by Gasteiger charge is -2.19. The second-order valence-corrected chi connectivity index (χ2v) is 9.70. The van der Waals surface area contributed by atoms with E-state index in [0.717, 1.165) is 4.88 Å². The van der Waals surface area contributed by atoms with E-state index in [4.69, 9.17) is 16.1 Å². The molecule has 4 aromatic rings. The van der Waals surface area contributed by atoms with Crippen molar-refractivity contribution in [1.29, 1.82) is 0 Å². The minimum absolute atomic E-state index is 0.117. The topological polar surface area (TPSA) is 76.3 Å². The lowest BCUT2D eigenvalue weighted by molar-refractivity contribution is 0.432. The highest BCUT2D eigenvalue weighted by molar-refractivity contribution is 7.93. The summed E-state index contributed by atoms with van der Waals surface area (Å²) < 4.78 is 32.8. The predicted octanol–water partition coefficient (Wildman–Crippen LogP) is 5.01. The highest BCUT2D eigenvalue weighted by Gasteiger charge is 2.28. The standard InChI is InChI=1S/C17H12ClN3O3S3/c1-21(12-6-4-11(18)5-7-12)27(22,23)14-8-10-26-15(14)17-19-16(20-24-17)13-3-2-9-25-13/h2-10H,1H3. The summed E-state index contributed by atoms with van der Waals surface area (Å²) in [4.78, 5) is 5.73. The maximum atomic E-state index is 13.1. The Hall–Kier alpha value is -2.20. The molecule has 10 heteroatoms. The third-order valence-corrected chi connectivity index (χ3v) is 7.80. The van der Waals surface area contributed by atoms with E-state index in [0.29, 0.717) is 21.4 Å². The Bertz CT molecular complexity index is 1170. The van der Waals surface area contributed by atoms with Crippen molar-refractivity contribution >= 4 is 50.0 Å². The average molecular weight is 438 g/mol. The first-order valence-electron chi connectivity index (χ1n) is 7.67. The largest absolute Gasteiger partial charge is 0.333 e. The number of anilines is 1.